The van der Waals surface area contributed by atoms with Crippen LogP contribution in [0, 0.1) is 0 Å². The van der Waals surface area contributed by atoms with E-state index in [1.807, 2.05) is 4.90 Å². The summed E-state index contributed by atoms with van der Waals surface area (Å²) in [4.78, 5) is 38.8. The maximum atomic E-state index is 12.7. The summed E-state index contributed by atoms with van der Waals surface area (Å²) in [6.45, 7) is 0.745. The van der Waals surface area contributed by atoms with Gasteiger partial charge in [-0.05, 0) is 35.8 Å². The molecule has 2 aromatic carbocycles. The third-order valence-corrected chi connectivity index (χ3v) is 7.30. The number of methoxy groups -OCH3 is 2. The van der Waals surface area contributed by atoms with Gasteiger partial charge in [-0.1, -0.05) is 41.9 Å². The van der Waals surface area contributed by atoms with Crippen LogP contribution in [0.25, 0.3) is 0 Å². The second-order valence-electron chi connectivity index (χ2n) is 7.72. The minimum absolute atomic E-state index is 0.0653. The summed E-state index contributed by atoms with van der Waals surface area (Å²) in [5.74, 6) is -0.815. The first-order valence-corrected chi connectivity index (χ1v) is 12.0. The van der Waals surface area contributed by atoms with Crippen LogP contribution >= 0.6 is 23.4 Å². The highest BCUT2D eigenvalue weighted by Gasteiger charge is 2.35. The Bertz CT molecular complexity index is 1090. The number of ether oxygens (including phenoxy) is 2. The summed E-state index contributed by atoms with van der Waals surface area (Å²) in [5, 5.41) is 9.70. The smallest absolute Gasteiger partial charge is 0.328 e. The number of likely N-dealkylation sites (tertiary alicyclic amines) is 1. The minimum Gasteiger partial charge on any atom is -0.497 e. The number of thioether (sulfide) groups is 1. The summed E-state index contributed by atoms with van der Waals surface area (Å²) < 4.78 is 10.2. The fourth-order valence-corrected chi connectivity index (χ4v) is 5.32. The minimum atomic E-state index is -1.08. The first kappa shape index (κ1) is 25.8. The molecule has 1 saturated heterocycles. The molecule has 1 unspecified atom stereocenters. The quantitative estimate of drug-likeness (QED) is 0.308. The van der Waals surface area contributed by atoms with E-state index in [0.717, 1.165) is 0 Å². The molecule has 0 aliphatic carbocycles. The summed E-state index contributed by atoms with van der Waals surface area (Å²) in [7, 11) is 2.85. The van der Waals surface area contributed by atoms with Crippen LogP contribution in [-0.2, 0) is 14.3 Å². The van der Waals surface area contributed by atoms with E-state index in [0.29, 0.717) is 40.4 Å². The Morgan fingerprint density at radius 2 is 1.97 bits per heavy atom. The molecule has 1 heterocycles. The second-order valence-corrected chi connectivity index (χ2v) is 9.32. The average Bonchev–Trinajstić information content (AvgIpc) is 2.84. The van der Waals surface area contributed by atoms with Crippen molar-refractivity contribution in [2.75, 3.05) is 33.1 Å². The fraction of sp³-hybridized carbons (Fsp3) is 0.320. The molecule has 0 aromatic heterocycles. The third-order valence-electron chi connectivity index (χ3n) is 5.58. The van der Waals surface area contributed by atoms with Gasteiger partial charge >= 0.3 is 11.9 Å². The number of Topliss-reactive ketones (excluding diaryl/α,β-unsaturated/α-hetero) is 1. The fourth-order valence-electron chi connectivity index (χ4n) is 3.93. The van der Waals surface area contributed by atoms with Crippen molar-refractivity contribution in [3.05, 3.63) is 76.3 Å². The number of carboxylic acids is 1. The van der Waals surface area contributed by atoms with Gasteiger partial charge < -0.3 is 14.6 Å². The van der Waals surface area contributed by atoms with Gasteiger partial charge in [0.15, 0.2) is 5.78 Å². The highest BCUT2D eigenvalue weighted by Crippen LogP contribution is 2.35. The van der Waals surface area contributed by atoms with Gasteiger partial charge in [-0.25, -0.2) is 9.59 Å². The molecule has 0 radical (unpaired) electrons. The number of carbonyl (C=O) groups excluding carboxylic acids is 2. The molecule has 34 heavy (non-hydrogen) atoms. The molecule has 7 nitrogen and oxygen atoms in total. The SMILES string of the molecule is COC(=O)[C@H](c1ccccc1Cl)N1CCC(SCC(=O)c2cccc(OC)c2)/C(=C/C(=O)O)C1. The van der Waals surface area contributed by atoms with Crippen LogP contribution in [-0.4, -0.2) is 66.0 Å². The number of hydrogen-bond donors (Lipinski definition) is 1. The van der Waals surface area contributed by atoms with Crippen molar-refractivity contribution < 1.29 is 29.0 Å². The van der Waals surface area contributed by atoms with Crippen LogP contribution in [0.5, 0.6) is 5.75 Å². The summed E-state index contributed by atoms with van der Waals surface area (Å²) in [6, 6.07) is 13.2. The lowest BCUT2D eigenvalue weighted by Crippen LogP contribution is -2.43. The number of esters is 1. The maximum absolute atomic E-state index is 12.7. The van der Waals surface area contributed by atoms with Crippen LogP contribution in [0.1, 0.15) is 28.4 Å². The first-order valence-electron chi connectivity index (χ1n) is 10.6. The van der Waals surface area contributed by atoms with Gasteiger partial charge in [0.2, 0.25) is 0 Å². The van der Waals surface area contributed by atoms with Crippen LogP contribution in [0.15, 0.2) is 60.2 Å². The Kier molecular flexibility index (Phi) is 9.15. The van der Waals surface area contributed by atoms with Crippen molar-refractivity contribution in [2.24, 2.45) is 0 Å². The van der Waals surface area contributed by atoms with Crippen molar-refractivity contribution >= 4 is 41.1 Å². The third kappa shape index (κ3) is 6.40. The molecule has 1 aliphatic heterocycles. The van der Waals surface area contributed by atoms with E-state index in [1.165, 1.54) is 24.9 Å². The largest absolute Gasteiger partial charge is 0.497 e. The molecule has 2 aromatic rings. The Balaban J connectivity index is 1.77. The Hall–Kier alpha value is -2.81. The van der Waals surface area contributed by atoms with Crippen molar-refractivity contribution in [2.45, 2.75) is 17.7 Å². The molecular formula is C25H26ClNO6S. The molecule has 9 heteroatoms. The van der Waals surface area contributed by atoms with E-state index in [4.69, 9.17) is 21.1 Å². The van der Waals surface area contributed by atoms with Gasteiger partial charge in [-0.15, -0.1) is 11.8 Å². The van der Waals surface area contributed by atoms with E-state index in [2.05, 4.69) is 0 Å². The monoisotopic (exact) mass is 503 g/mol. The lowest BCUT2D eigenvalue weighted by molar-refractivity contribution is -0.147. The molecule has 0 bridgehead atoms. The summed E-state index contributed by atoms with van der Waals surface area (Å²) >= 11 is 7.76. The number of carboxylic acid groups (broad SMARTS) is 1. The number of hydrogen-bond acceptors (Lipinski definition) is 7. The van der Waals surface area contributed by atoms with Crippen LogP contribution in [0.3, 0.4) is 0 Å². The van der Waals surface area contributed by atoms with Gasteiger partial charge in [0.1, 0.15) is 11.8 Å². The van der Waals surface area contributed by atoms with Crippen molar-refractivity contribution in [3.8, 4) is 5.75 Å². The summed E-state index contributed by atoms with van der Waals surface area (Å²) in [5.41, 5.74) is 1.77. The standard InChI is InChI=1S/C25H26ClNO6S/c1-32-18-7-5-6-16(12-18)21(28)15-34-22-10-11-27(14-17(22)13-23(29)30)24(25(31)33-2)19-8-3-4-9-20(19)26/h3-9,12-13,22,24H,10-11,14-15H2,1-2H3,(H,29,30)/b17-13+/t22?,24-/m0/s1. The molecule has 2 atom stereocenters. The van der Waals surface area contributed by atoms with Gasteiger partial charge in [-0.2, -0.15) is 0 Å². The Morgan fingerprint density at radius 1 is 1.21 bits per heavy atom. The van der Waals surface area contributed by atoms with Gasteiger partial charge in [0, 0.05) is 35.0 Å². The van der Waals surface area contributed by atoms with Crippen LogP contribution in [0.2, 0.25) is 5.02 Å². The van der Waals surface area contributed by atoms with E-state index < -0.39 is 18.0 Å². The molecular weight excluding hydrogens is 478 g/mol. The van der Waals surface area contributed by atoms with Gasteiger partial charge in [0.05, 0.1) is 20.0 Å². The second kappa shape index (κ2) is 12.1. The number of piperidine rings is 1. The topological polar surface area (TPSA) is 93.1 Å². The van der Waals surface area contributed by atoms with E-state index in [9.17, 15) is 19.5 Å². The van der Waals surface area contributed by atoms with Gasteiger partial charge in [0.25, 0.3) is 0 Å². The van der Waals surface area contributed by atoms with E-state index in [1.54, 1.807) is 55.6 Å². The van der Waals surface area contributed by atoms with E-state index in [-0.39, 0.29) is 23.3 Å². The first-order chi connectivity index (χ1) is 16.3. The Labute approximate surface area is 207 Å². The number of aliphatic carboxylic acids is 1. The highest BCUT2D eigenvalue weighted by molar-refractivity contribution is 8.00. The number of nitrogens with zero attached hydrogens (tertiary/aromatic N) is 1. The van der Waals surface area contributed by atoms with E-state index >= 15 is 0 Å². The number of carbonyl (C=O) groups is 3. The normalized spacial score (nSPS) is 18.3. The van der Waals surface area contributed by atoms with Gasteiger partial charge in [-0.3, -0.25) is 9.69 Å². The highest BCUT2D eigenvalue weighted by atomic mass is 35.5. The Morgan fingerprint density at radius 3 is 2.65 bits per heavy atom. The van der Waals surface area contributed by atoms with Crippen LogP contribution in [0.4, 0.5) is 0 Å². The maximum Gasteiger partial charge on any atom is 0.328 e. The number of halogens is 1. The molecule has 1 N–H and O–H groups in total. The predicted octanol–water partition coefficient (Wildman–Crippen LogP) is 4.26. The zero-order valence-corrected chi connectivity index (χ0v) is 20.5. The van der Waals surface area contributed by atoms with Crippen LogP contribution < -0.4 is 4.74 Å². The molecule has 0 amide bonds. The zero-order chi connectivity index (χ0) is 24.7. The molecule has 180 valence electrons. The van der Waals surface area contributed by atoms with Crippen molar-refractivity contribution in [3.63, 3.8) is 0 Å². The van der Waals surface area contributed by atoms with Crippen molar-refractivity contribution in [1.82, 2.24) is 4.90 Å². The lowest BCUT2D eigenvalue weighted by Gasteiger charge is -2.38. The molecule has 0 saturated carbocycles. The lowest BCUT2D eigenvalue weighted by atomic mass is 9.98. The number of rotatable bonds is 9. The molecule has 0 spiro atoms. The van der Waals surface area contributed by atoms with Crippen molar-refractivity contribution in [1.29, 1.82) is 0 Å². The summed E-state index contributed by atoms with van der Waals surface area (Å²) in [6.07, 6.45) is 1.73. The predicted molar refractivity (Wildman–Crippen MR) is 132 cm³/mol. The molecule has 1 aliphatic rings. The number of benzene rings is 2. The molecule has 3 rings (SSSR count). The molecule has 1 fully saturated rings. The number of ketones is 1. The average molecular weight is 504 g/mol. The zero-order valence-electron chi connectivity index (χ0n) is 18.9.